The largest absolute Gasteiger partial charge is 0.493 e. The van der Waals surface area contributed by atoms with Gasteiger partial charge in [0.25, 0.3) is 0 Å². The summed E-state index contributed by atoms with van der Waals surface area (Å²) in [5.41, 5.74) is 3.77. The van der Waals surface area contributed by atoms with Gasteiger partial charge >= 0.3 is 0 Å². The van der Waals surface area contributed by atoms with Gasteiger partial charge in [-0.05, 0) is 104 Å². The minimum atomic E-state index is -1.35. The van der Waals surface area contributed by atoms with E-state index in [1.54, 1.807) is 17.8 Å². The third-order valence-corrected chi connectivity index (χ3v) is 15.3. The monoisotopic (exact) mass is 967 g/mol. The van der Waals surface area contributed by atoms with Crippen molar-refractivity contribution in [2.24, 2.45) is 22.9 Å². The number of aliphatic hydroxyl groups excluding tert-OH is 2. The van der Waals surface area contributed by atoms with Gasteiger partial charge in [-0.1, -0.05) is 113 Å². The first-order valence-corrected chi connectivity index (χ1v) is 27.1. The van der Waals surface area contributed by atoms with Crippen LogP contribution in [0, 0.1) is 17.8 Å². The number of amides is 1. The number of hydrogen-bond acceptors (Lipinski definition) is 11. The lowest BCUT2D eigenvalue weighted by molar-refractivity contribution is -0.258. The number of nitrogens with zero attached hydrogens (tertiary/aromatic N) is 2. The van der Waals surface area contributed by atoms with E-state index in [9.17, 15) is 10.2 Å². The number of oxime groups is 1. The molecule has 376 valence electrons. The van der Waals surface area contributed by atoms with Crippen LogP contribution in [0.5, 0.6) is 23.0 Å². The van der Waals surface area contributed by atoms with E-state index >= 15 is 4.79 Å². The van der Waals surface area contributed by atoms with Gasteiger partial charge in [0.2, 0.25) is 18.5 Å². The number of carbonyl (C=O) groups excluding carboxylic acids is 1. The van der Waals surface area contributed by atoms with E-state index in [-0.39, 0.29) is 50.3 Å². The summed E-state index contributed by atoms with van der Waals surface area (Å²) in [5.74, 6) is 1.98. The average Bonchev–Trinajstić information content (AvgIpc) is 3.85. The molecule has 2 N–H and O–H groups in total. The lowest BCUT2D eigenvalue weighted by atomic mass is 9.55. The van der Waals surface area contributed by atoms with E-state index in [0.29, 0.717) is 62.7 Å². The molecule has 2 aliphatic carbocycles. The fourth-order valence-corrected chi connectivity index (χ4v) is 11.8. The van der Waals surface area contributed by atoms with Gasteiger partial charge in [0, 0.05) is 54.7 Å². The van der Waals surface area contributed by atoms with Crippen LogP contribution < -0.4 is 18.9 Å². The fraction of sp³-hybridized carbons (Fsp3) is 0.579. The molecule has 0 radical (unpaired) electrons. The topological polar surface area (TPSA) is 129 Å². The van der Waals surface area contributed by atoms with Crippen LogP contribution in [0.2, 0.25) is 0 Å². The van der Waals surface area contributed by atoms with Gasteiger partial charge in [0.1, 0.15) is 24.1 Å². The molecule has 11 nitrogen and oxygen atoms in total. The molecule has 6 unspecified atom stereocenters. The molecule has 1 saturated carbocycles. The SMILES string of the molecule is C=CCOC12Oc3ccc(OCCSc4ccccc4)cc3C3C(CCCCO)C(CCCCO)C=C(C(=NOCC)CC1N(Cc1ccc4c(c1)OCO4)C(=O)CCCCCCCCCCC)C32. The zero-order valence-electron chi connectivity index (χ0n) is 41.3. The van der Waals surface area contributed by atoms with Crippen molar-refractivity contribution >= 4 is 23.4 Å². The Morgan fingerprint density at radius 2 is 1.61 bits per heavy atom. The number of aliphatic hydroxyl groups is 2. The third kappa shape index (κ3) is 13.5. The second kappa shape index (κ2) is 27.2. The molecule has 7 rings (SSSR count). The Balaban J connectivity index is 1.31. The van der Waals surface area contributed by atoms with E-state index in [1.807, 2.05) is 48.2 Å². The number of carbonyl (C=O) groups is 1. The first kappa shape index (κ1) is 52.3. The Labute approximate surface area is 416 Å². The number of ether oxygens (including phenoxy) is 5. The molecule has 6 atom stereocenters. The maximum atomic E-state index is 15.3. The highest BCUT2D eigenvalue weighted by atomic mass is 32.2. The molecule has 1 fully saturated rings. The normalized spacial score (nSPS) is 22.6. The summed E-state index contributed by atoms with van der Waals surface area (Å²) in [5, 5.41) is 25.0. The van der Waals surface area contributed by atoms with Crippen LogP contribution in [0.25, 0.3) is 0 Å². The number of unbranched alkanes of at least 4 members (excludes halogenated alkanes) is 10. The summed E-state index contributed by atoms with van der Waals surface area (Å²) in [6.07, 6.45) is 20.1. The van der Waals surface area contributed by atoms with Crippen LogP contribution in [-0.4, -0.2) is 84.1 Å². The maximum Gasteiger partial charge on any atom is 0.239 e. The summed E-state index contributed by atoms with van der Waals surface area (Å²) in [6, 6.07) is 21.9. The quantitative estimate of drug-likeness (QED) is 0.0278. The number of allylic oxidation sites excluding steroid dienone is 1. The molecule has 2 heterocycles. The second-order valence-corrected chi connectivity index (χ2v) is 20.2. The summed E-state index contributed by atoms with van der Waals surface area (Å²) < 4.78 is 32.9. The highest BCUT2D eigenvalue weighted by Crippen LogP contribution is 2.62. The summed E-state index contributed by atoms with van der Waals surface area (Å²) in [6.45, 7) is 10.1. The van der Waals surface area contributed by atoms with Gasteiger partial charge in [0.15, 0.2) is 11.5 Å². The van der Waals surface area contributed by atoms with E-state index in [4.69, 9.17) is 33.7 Å². The summed E-state index contributed by atoms with van der Waals surface area (Å²) in [4.78, 5) is 24.5. The molecule has 0 saturated heterocycles. The van der Waals surface area contributed by atoms with Crippen molar-refractivity contribution in [3.8, 4) is 23.0 Å². The third-order valence-electron chi connectivity index (χ3n) is 14.3. The molecule has 0 bridgehead atoms. The lowest BCUT2D eigenvalue weighted by Crippen LogP contribution is -2.70. The maximum absolute atomic E-state index is 15.3. The van der Waals surface area contributed by atoms with Gasteiger partial charge in [-0.15, -0.1) is 18.3 Å². The second-order valence-electron chi connectivity index (χ2n) is 19.0. The molecule has 0 aromatic heterocycles. The van der Waals surface area contributed by atoms with Gasteiger partial charge in [-0.25, -0.2) is 0 Å². The lowest BCUT2D eigenvalue weighted by Gasteiger charge is -2.60. The van der Waals surface area contributed by atoms with Crippen molar-refractivity contribution in [2.45, 2.75) is 152 Å². The van der Waals surface area contributed by atoms with Gasteiger partial charge in [-0.3, -0.25) is 4.79 Å². The fourth-order valence-electron chi connectivity index (χ4n) is 11.1. The van der Waals surface area contributed by atoms with E-state index in [0.717, 1.165) is 78.9 Å². The molecule has 1 amide bonds. The number of thioether (sulfide) groups is 1. The minimum Gasteiger partial charge on any atom is -0.493 e. The molecular weight excluding hydrogens is 889 g/mol. The molecule has 69 heavy (non-hydrogen) atoms. The Bertz CT molecular complexity index is 2130. The van der Waals surface area contributed by atoms with Crippen molar-refractivity contribution in [3.05, 3.63) is 102 Å². The molecule has 3 aromatic rings. The van der Waals surface area contributed by atoms with Crippen molar-refractivity contribution in [1.82, 2.24) is 4.90 Å². The average molecular weight is 967 g/mol. The van der Waals surface area contributed by atoms with Gasteiger partial charge in [-0.2, -0.15) is 0 Å². The Kier molecular flexibility index (Phi) is 20.6. The van der Waals surface area contributed by atoms with Crippen molar-refractivity contribution in [1.29, 1.82) is 0 Å². The number of rotatable bonds is 31. The van der Waals surface area contributed by atoms with Crippen LogP contribution in [0.15, 0.2) is 101 Å². The van der Waals surface area contributed by atoms with Crippen molar-refractivity contribution in [3.63, 3.8) is 0 Å². The number of hydrogen-bond donors (Lipinski definition) is 2. The highest BCUT2D eigenvalue weighted by Gasteiger charge is 2.65. The first-order chi connectivity index (χ1) is 33.9. The van der Waals surface area contributed by atoms with Crippen molar-refractivity contribution < 1.29 is 43.5 Å². The molecule has 0 spiro atoms. The van der Waals surface area contributed by atoms with Crippen molar-refractivity contribution in [2.75, 3.05) is 45.6 Å². The van der Waals surface area contributed by atoms with E-state index < -0.39 is 17.7 Å². The van der Waals surface area contributed by atoms with E-state index in [2.05, 4.69) is 49.9 Å². The minimum absolute atomic E-state index is 0.0330. The van der Waals surface area contributed by atoms with Crippen LogP contribution in [-0.2, 0) is 20.9 Å². The molecule has 2 aliphatic heterocycles. The predicted octanol–water partition coefficient (Wildman–Crippen LogP) is 12.2. The highest BCUT2D eigenvalue weighted by molar-refractivity contribution is 7.99. The van der Waals surface area contributed by atoms with Crippen LogP contribution >= 0.6 is 11.8 Å². The van der Waals surface area contributed by atoms with E-state index in [1.165, 1.54) is 43.4 Å². The molecule has 12 heteroatoms. The van der Waals surface area contributed by atoms with Crippen LogP contribution in [0.4, 0.5) is 0 Å². The zero-order valence-corrected chi connectivity index (χ0v) is 42.1. The summed E-state index contributed by atoms with van der Waals surface area (Å²) in [7, 11) is 0. The molecule has 3 aromatic carbocycles. The Morgan fingerprint density at radius 3 is 2.36 bits per heavy atom. The van der Waals surface area contributed by atoms with Gasteiger partial charge in [0.05, 0.1) is 24.8 Å². The first-order valence-electron chi connectivity index (χ1n) is 26.1. The Hall–Kier alpha value is -4.49. The summed E-state index contributed by atoms with van der Waals surface area (Å²) >= 11 is 1.76. The number of fused-ring (bicyclic) bond motifs is 3. The van der Waals surface area contributed by atoms with Crippen LogP contribution in [0.1, 0.15) is 140 Å². The molecular formula is C57H78N2O9S. The number of benzene rings is 3. The van der Waals surface area contributed by atoms with Gasteiger partial charge < -0.3 is 43.6 Å². The standard InChI is InChI=1S/C57H78N2O9S/c1-4-7-8-9-10-11-12-13-17-26-54(62)59(40-42-27-29-51-52(36-42)65-41-64-51)53-39-49(58-67-6-3)47-37-43(22-18-20-31-60)46(25-19-21-32-61)55-48-38-44(63-34-35-69-45-23-15-14-16-24-45)28-30-50(48)68-57(53,56(47)55)66-33-5-2/h5,14-16,23-24,27-30,36-38,43,46,53,55-56,60-61H,2,4,6-13,17-22,25-26,31-35,39-41H2,1,3H3. The van der Waals surface area contributed by atoms with Crippen LogP contribution in [0.3, 0.4) is 0 Å². The Morgan fingerprint density at radius 1 is 0.870 bits per heavy atom. The predicted molar refractivity (Wildman–Crippen MR) is 274 cm³/mol. The zero-order chi connectivity index (χ0) is 48.3. The smallest absolute Gasteiger partial charge is 0.239 e. The molecule has 4 aliphatic rings.